The number of pyridine rings is 1. The summed E-state index contributed by atoms with van der Waals surface area (Å²) < 4.78 is 5.61. The fraction of sp³-hybridized carbons (Fsp3) is 0.409. The van der Waals surface area contributed by atoms with Crippen molar-refractivity contribution < 1.29 is 19.4 Å². The zero-order valence-corrected chi connectivity index (χ0v) is 16.1. The van der Waals surface area contributed by atoms with Gasteiger partial charge in [0.2, 0.25) is 0 Å². The lowest BCUT2D eigenvalue weighted by Crippen LogP contribution is -2.53. The highest BCUT2D eigenvalue weighted by Gasteiger charge is 2.50. The number of carbonyl (C=O) groups is 2. The van der Waals surface area contributed by atoms with Crippen molar-refractivity contribution in [2.45, 2.75) is 24.9 Å². The fourth-order valence-corrected chi connectivity index (χ4v) is 4.06. The van der Waals surface area contributed by atoms with Gasteiger partial charge < -0.3 is 19.6 Å². The summed E-state index contributed by atoms with van der Waals surface area (Å²) >= 11 is 0. The van der Waals surface area contributed by atoms with Crippen molar-refractivity contribution in [3.8, 4) is 17.0 Å². The molecule has 150 valence electrons. The molecule has 1 N–H and O–H groups in total. The number of ether oxygens (including phenoxy) is 1. The van der Waals surface area contributed by atoms with E-state index in [1.54, 1.807) is 16.0 Å². The van der Waals surface area contributed by atoms with Crippen LogP contribution in [0.5, 0.6) is 5.75 Å². The second-order valence-electron chi connectivity index (χ2n) is 7.93. The predicted octanol–water partition coefficient (Wildman–Crippen LogP) is 1.49. The molecule has 1 aromatic carbocycles. The molecule has 0 radical (unpaired) electrons. The summed E-state index contributed by atoms with van der Waals surface area (Å²) in [6.07, 6.45) is 3.68. The first-order valence-corrected chi connectivity index (χ1v) is 10.1. The molecule has 1 aliphatic carbocycles. The van der Waals surface area contributed by atoms with Crippen molar-refractivity contribution in [3.05, 3.63) is 47.7 Å². The van der Waals surface area contributed by atoms with Gasteiger partial charge in [-0.3, -0.25) is 14.6 Å². The quantitative estimate of drug-likeness (QED) is 0.854. The molecule has 3 aliphatic rings. The summed E-state index contributed by atoms with van der Waals surface area (Å²) in [4.78, 5) is 33.0. The molecule has 0 unspecified atom stereocenters. The number of aromatic nitrogens is 1. The van der Waals surface area contributed by atoms with E-state index in [2.05, 4.69) is 4.98 Å². The molecule has 5 rings (SSSR count). The number of fused-ring (bicyclic) bond motifs is 1. The minimum Gasteiger partial charge on any atom is -0.493 e. The fourth-order valence-electron chi connectivity index (χ4n) is 4.06. The minimum absolute atomic E-state index is 0.0386. The van der Waals surface area contributed by atoms with E-state index in [4.69, 9.17) is 4.74 Å². The normalized spacial score (nSPS) is 19.5. The first kappa shape index (κ1) is 18.1. The second kappa shape index (κ2) is 6.84. The molecule has 7 nitrogen and oxygen atoms in total. The molecule has 0 atom stereocenters. The maximum Gasteiger partial charge on any atom is 0.254 e. The number of aliphatic hydroxyl groups is 1. The molecule has 2 fully saturated rings. The lowest BCUT2D eigenvalue weighted by atomic mass is 10.0. The average molecular weight is 393 g/mol. The van der Waals surface area contributed by atoms with E-state index >= 15 is 0 Å². The highest BCUT2D eigenvalue weighted by Crippen LogP contribution is 2.37. The summed E-state index contributed by atoms with van der Waals surface area (Å²) in [5, 5.41) is 10.00. The molecule has 3 heterocycles. The molecule has 0 bridgehead atoms. The molecule has 29 heavy (non-hydrogen) atoms. The first-order valence-electron chi connectivity index (χ1n) is 10.1. The molecular formula is C22H23N3O4. The van der Waals surface area contributed by atoms with Gasteiger partial charge in [-0.1, -0.05) is 12.1 Å². The van der Waals surface area contributed by atoms with Gasteiger partial charge in [-0.05, 0) is 31.0 Å². The van der Waals surface area contributed by atoms with E-state index in [9.17, 15) is 14.7 Å². The standard InChI is InChI=1S/C22H23N3O4/c26-20(24-10-12-25(13-11-24)21(27)22(28)7-8-22)16-3-1-15(2-4-16)19-17-6-14-29-18(17)5-9-23-19/h1-5,9,28H,6-8,10-14H2. The maximum atomic E-state index is 12.9. The van der Waals surface area contributed by atoms with Crippen LogP contribution in [0.3, 0.4) is 0 Å². The Bertz CT molecular complexity index is 961. The molecular weight excluding hydrogens is 370 g/mol. The number of amides is 2. The maximum absolute atomic E-state index is 12.9. The lowest BCUT2D eigenvalue weighted by molar-refractivity contribution is -0.143. The zero-order valence-electron chi connectivity index (χ0n) is 16.1. The van der Waals surface area contributed by atoms with Crippen molar-refractivity contribution in [2.75, 3.05) is 32.8 Å². The lowest BCUT2D eigenvalue weighted by Gasteiger charge is -2.35. The Labute approximate surface area is 168 Å². The molecule has 2 amide bonds. The average Bonchev–Trinajstić information content (AvgIpc) is 3.33. The Morgan fingerprint density at radius 2 is 1.69 bits per heavy atom. The van der Waals surface area contributed by atoms with Gasteiger partial charge in [0.15, 0.2) is 0 Å². The SMILES string of the molecule is O=C(c1ccc(-c2nccc3c2CCO3)cc1)N1CCN(C(=O)C2(O)CC2)CC1. The minimum atomic E-state index is -1.14. The monoisotopic (exact) mass is 393 g/mol. The third kappa shape index (κ3) is 3.25. The molecule has 1 saturated heterocycles. The van der Waals surface area contributed by atoms with Crippen molar-refractivity contribution in [3.63, 3.8) is 0 Å². The number of rotatable bonds is 3. The topological polar surface area (TPSA) is 83.0 Å². The Morgan fingerprint density at radius 1 is 1.00 bits per heavy atom. The van der Waals surface area contributed by atoms with Crippen LogP contribution in [0.2, 0.25) is 0 Å². The zero-order chi connectivity index (χ0) is 20.0. The Hall–Kier alpha value is -2.93. The van der Waals surface area contributed by atoms with Crippen LogP contribution in [-0.4, -0.2) is 70.1 Å². The molecule has 2 aliphatic heterocycles. The molecule has 2 aromatic rings. The Kier molecular flexibility index (Phi) is 4.28. The largest absolute Gasteiger partial charge is 0.493 e. The van der Waals surface area contributed by atoms with Crippen molar-refractivity contribution in [2.24, 2.45) is 0 Å². The van der Waals surface area contributed by atoms with E-state index < -0.39 is 5.60 Å². The first-order chi connectivity index (χ1) is 14.0. The van der Waals surface area contributed by atoms with Crippen LogP contribution in [0.4, 0.5) is 0 Å². The van der Waals surface area contributed by atoms with E-state index in [0.717, 1.165) is 29.0 Å². The highest BCUT2D eigenvalue weighted by molar-refractivity contribution is 5.95. The highest BCUT2D eigenvalue weighted by atomic mass is 16.5. The second-order valence-corrected chi connectivity index (χ2v) is 7.93. The van der Waals surface area contributed by atoms with Gasteiger partial charge >= 0.3 is 0 Å². The molecule has 7 heteroatoms. The number of carbonyl (C=O) groups excluding carboxylic acids is 2. The number of hydrogen-bond donors (Lipinski definition) is 1. The van der Waals surface area contributed by atoms with E-state index in [0.29, 0.717) is 51.2 Å². The van der Waals surface area contributed by atoms with E-state index in [1.165, 1.54) is 0 Å². The predicted molar refractivity (Wildman–Crippen MR) is 106 cm³/mol. The summed E-state index contributed by atoms with van der Waals surface area (Å²) in [6.45, 7) is 2.56. The van der Waals surface area contributed by atoms with Crippen LogP contribution in [0, 0.1) is 0 Å². The van der Waals surface area contributed by atoms with Gasteiger partial charge in [-0.2, -0.15) is 0 Å². The van der Waals surface area contributed by atoms with Crippen molar-refractivity contribution in [1.82, 2.24) is 14.8 Å². The number of piperazine rings is 1. The van der Waals surface area contributed by atoms with E-state index in [-0.39, 0.29) is 11.8 Å². The van der Waals surface area contributed by atoms with Crippen LogP contribution < -0.4 is 4.74 Å². The smallest absolute Gasteiger partial charge is 0.254 e. The number of benzene rings is 1. The van der Waals surface area contributed by atoms with Gasteiger partial charge in [0.25, 0.3) is 11.8 Å². The van der Waals surface area contributed by atoms with E-state index in [1.807, 2.05) is 30.3 Å². The summed E-state index contributed by atoms with van der Waals surface area (Å²) in [7, 11) is 0. The molecule has 1 aromatic heterocycles. The van der Waals surface area contributed by atoms with Crippen LogP contribution in [0.25, 0.3) is 11.3 Å². The third-order valence-corrected chi connectivity index (χ3v) is 6.00. The van der Waals surface area contributed by atoms with Gasteiger partial charge in [0.1, 0.15) is 11.4 Å². The van der Waals surface area contributed by atoms with Crippen LogP contribution >= 0.6 is 0 Å². The van der Waals surface area contributed by atoms with Crippen LogP contribution in [0.15, 0.2) is 36.5 Å². The third-order valence-electron chi connectivity index (χ3n) is 6.00. The Morgan fingerprint density at radius 3 is 2.38 bits per heavy atom. The van der Waals surface area contributed by atoms with Gasteiger partial charge in [0.05, 0.1) is 12.3 Å². The van der Waals surface area contributed by atoms with Gasteiger partial charge in [0, 0.05) is 55.5 Å². The summed E-state index contributed by atoms with van der Waals surface area (Å²) in [5.74, 6) is 0.655. The summed E-state index contributed by atoms with van der Waals surface area (Å²) in [5.41, 5.74) is 2.47. The summed E-state index contributed by atoms with van der Waals surface area (Å²) in [6, 6.07) is 9.40. The molecule has 1 saturated carbocycles. The van der Waals surface area contributed by atoms with Crippen LogP contribution in [-0.2, 0) is 11.2 Å². The number of hydrogen-bond acceptors (Lipinski definition) is 5. The molecule has 0 spiro atoms. The van der Waals surface area contributed by atoms with Crippen molar-refractivity contribution in [1.29, 1.82) is 0 Å². The van der Waals surface area contributed by atoms with Gasteiger partial charge in [-0.15, -0.1) is 0 Å². The van der Waals surface area contributed by atoms with Crippen LogP contribution in [0.1, 0.15) is 28.8 Å². The number of nitrogens with zero attached hydrogens (tertiary/aromatic N) is 3. The van der Waals surface area contributed by atoms with Gasteiger partial charge in [-0.25, -0.2) is 0 Å². The van der Waals surface area contributed by atoms with Crippen molar-refractivity contribution >= 4 is 11.8 Å². The Balaban J connectivity index is 1.26.